The molecular weight excluding hydrogens is 292 g/mol. The fraction of sp³-hybridized carbons (Fsp3) is 0.588. The van der Waals surface area contributed by atoms with Crippen LogP contribution in [0.3, 0.4) is 0 Å². The topological polar surface area (TPSA) is 68.4 Å². The fourth-order valence-electron chi connectivity index (χ4n) is 3.43. The Morgan fingerprint density at radius 3 is 2.96 bits per heavy atom. The number of hydrogen-bond donors (Lipinski definition) is 1. The number of fused-ring (bicyclic) bond motifs is 1. The van der Waals surface area contributed by atoms with E-state index in [2.05, 4.69) is 24.3 Å². The Labute approximate surface area is 135 Å². The summed E-state index contributed by atoms with van der Waals surface area (Å²) in [5.41, 5.74) is 0.282. The predicted molar refractivity (Wildman–Crippen MR) is 88.3 cm³/mol. The molecule has 2 aromatic rings. The Bertz CT molecular complexity index is 763. The molecule has 6 heteroatoms. The number of amides is 1. The van der Waals surface area contributed by atoms with Gasteiger partial charge in [0.2, 0.25) is 5.91 Å². The van der Waals surface area contributed by atoms with Crippen LogP contribution in [0.25, 0.3) is 5.52 Å². The van der Waals surface area contributed by atoms with E-state index in [0.29, 0.717) is 17.4 Å². The monoisotopic (exact) mass is 316 g/mol. The zero-order valence-electron chi connectivity index (χ0n) is 13.9. The lowest BCUT2D eigenvalue weighted by molar-refractivity contribution is -0.125. The van der Waals surface area contributed by atoms with Gasteiger partial charge < -0.3 is 9.72 Å². The number of nitrogens with one attached hydrogen (secondary N) is 1. The maximum Gasteiger partial charge on any atom is 0.291 e. The zero-order chi connectivity index (χ0) is 16.6. The maximum atomic E-state index is 12.6. The van der Waals surface area contributed by atoms with Gasteiger partial charge in [-0.15, -0.1) is 0 Å². The molecule has 124 valence electrons. The Morgan fingerprint density at radius 1 is 1.39 bits per heavy atom. The predicted octanol–water partition coefficient (Wildman–Crippen LogP) is 2.00. The molecule has 0 bridgehead atoms. The lowest BCUT2D eigenvalue weighted by Gasteiger charge is -2.35. The first-order chi connectivity index (χ1) is 11.0. The summed E-state index contributed by atoms with van der Waals surface area (Å²) in [5, 5.41) is 7.25. The van der Waals surface area contributed by atoms with Crippen LogP contribution < -0.4 is 10.9 Å². The van der Waals surface area contributed by atoms with Gasteiger partial charge in [-0.05, 0) is 37.3 Å². The van der Waals surface area contributed by atoms with Gasteiger partial charge in [-0.2, -0.15) is 5.10 Å². The Morgan fingerprint density at radius 2 is 2.17 bits per heavy atom. The van der Waals surface area contributed by atoms with E-state index in [1.54, 1.807) is 36.0 Å². The quantitative estimate of drug-likeness (QED) is 0.941. The lowest BCUT2D eigenvalue weighted by Crippen LogP contribution is -2.47. The number of nitrogens with zero attached hydrogens (tertiary/aromatic N) is 3. The SMILES string of the molecule is CC1CCCC(NC(=O)C(C)n2ncn3cccc3c2=O)C1C. The van der Waals surface area contributed by atoms with Gasteiger partial charge in [0, 0.05) is 12.2 Å². The third kappa shape index (κ3) is 2.90. The van der Waals surface area contributed by atoms with E-state index in [9.17, 15) is 9.59 Å². The molecule has 0 radical (unpaired) electrons. The molecule has 1 amide bonds. The molecule has 3 rings (SSSR count). The minimum atomic E-state index is -0.619. The second-order valence-electron chi connectivity index (χ2n) is 6.74. The first-order valence-corrected chi connectivity index (χ1v) is 8.34. The first-order valence-electron chi connectivity index (χ1n) is 8.34. The van der Waals surface area contributed by atoms with Crippen molar-refractivity contribution in [2.45, 2.75) is 52.1 Å². The molecule has 4 atom stereocenters. The lowest BCUT2D eigenvalue weighted by atomic mass is 9.78. The fourth-order valence-corrected chi connectivity index (χ4v) is 3.43. The van der Waals surface area contributed by atoms with Crippen molar-refractivity contribution in [1.82, 2.24) is 19.5 Å². The first kappa shape index (κ1) is 15.8. The highest BCUT2D eigenvalue weighted by atomic mass is 16.2. The summed E-state index contributed by atoms with van der Waals surface area (Å²) in [6.07, 6.45) is 6.69. The second kappa shape index (κ2) is 6.18. The molecule has 0 aromatic carbocycles. The molecule has 4 unspecified atom stereocenters. The number of carbonyl (C=O) groups excluding carboxylic acids is 1. The van der Waals surface area contributed by atoms with Crippen LogP contribution in [0.2, 0.25) is 0 Å². The van der Waals surface area contributed by atoms with Crippen LogP contribution in [0.5, 0.6) is 0 Å². The Balaban J connectivity index is 1.78. The summed E-state index contributed by atoms with van der Waals surface area (Å²) in [4.78, 5) is 25.0. The van der Waals surface area contributed by atoms with Crippen molar-refractivity contribution in [1.29, 1.82) is 0 Å². The van der Waals surface area contributed by atoms with E-state index in [0.717, 1.165) is 12.8 Å². The van der Waals surface area contributed by atoms with Crippen molar-refractivity contribution in [3.05, 3.63) is 35.0 Å². The van der Waals surface area contributed by atoms with Gasteiger partial charge in [0.05, 0.1) is 0 Å². The molecule has 1 N–H and O–H groups in total. The number of rotatable bonds is 3. The van der Waals surface area contributed by atoms with Crippen molar-refractivity contribution in [2.24, 2.45) is 11.8 Å². The van der Waals surface area contributed by atoms with Gasteiger partial charge in [0.1, 0.15) is 17.9 Å². The van der Waals surface area contributed by atoms with Crippen LogP contribution in [-0.2, 0) is 4.79 Å². The van der Waals surface area contributed by atoms with Crippen LogP contribution >= 0.6 is 0 Å². The van der Waals surface area contributed by atoms with Crippen LogP contribution in [-0.4, -0.2) is 26.1 Å². The third-order valence-corrected chi connectivity index (χ3v) is 5.29. The molecule has 1 aliphatic rings. The van der Waals surface area contributed by atoms with Crippen LogP contribution in [0, 0.1) is 11.8 Å². The molecular formula is C17H24N4O2. The highest BCUT2D eigenvalue weighted by molar-refractivity contribution is 5.80. The minimum absolute atomic E-state index is 0.138. The molecule has 2 aromatic heterocycles. The molecule has 0 aliphatic heterocycles. The highest BCUT2D eigenvalue weighted by Crippen LogP contribution is 2.29. The maximum absolute atomic E-state index is 12.6. The average molecular weight is 316 g/mol. The number of hydrogen-bond acceptors (Lipinski definition) is 3. The Kier molecular flexibility index (Phi) is 4.24. The summed E-state index contributed by atoms with van der Waals surface area (Å²) in [6.45, 7) is 6.15. The van der Waals surface area contributed by atoms with Crippen molar-refractivity contribution in [3.8, 4) is 0 Å². The molecule has 1 fully saturated rings. The molecule has 1 aliphatic carbocycles. The number of aromatic nitrogens is 3. The van der Waals surface area contributed by atoms with E-state index in [4.69, 9.17) is 0 Å². The summed E-state index contributed by atoms with van der Waals surface area (Å²) in [7, 11) is 0. The van der Waals surface area contributed by atoms with Gasteiger partial charge in [-0.3, -0.25) is 9.59 Å². The van der Waals surface area contributed by atoms with Gasteiger partial charge in [-0.25, -0.2) is 4.68 Å². The zero-order valence-corrected chi connectivity index (χ0v) is 13.9. The Hall–Kier alpha value is -2.11. The smallest absolute Gasteiger partial charge is 0.291 e. The van der Waals surface area contributed by atoms with Crippen molar-refractivity contribution < 1.29 is 4.79 Å². The van der Waals surface area contributed by atoms with E-state index < -0.39 is 6.04 Å². The van der Waals surface area contributed by atoms with E-state index in [-0.39, 0.29) is 17.5 Å². The van der Waals surface area contributed by atoms with Crippen LogP contribution in [0.1, 0.15) is 46.1 Å². The van der Waals surface area contributed by atoms with Gasteiger partial charge in [0.25, 0.3) is 5.56 Å². The van der Waals surface area contributed by atoms with Gasteiger partial charge >= 0.3 is 0 Å². The van der Waals surface area contributed by atoms with Gasteiger partial charge in [0.15, 0.2) is 0 Å². The van der Waals surface area contributed by atoms with Crippen molar-refractivity contribution >= 4 is 11.4 Å². The van der Waals surface area contributed by atoms with E-state index in [1.807, 2.05) is 0 Å². The van der Waals surface area contributed by atoms with Crippen LogP contribution in [0.15, 0.2) is 29.5 Å². The molecule has 6 nitrogen and oxygen atoms in total. The van der Waals surface area contributed by atoms with Gasteiger partial charge in [-0.1, -0.05) is 26.7 Å². The standard InChI is InChI=1S/C17H24N4O2/c1-11-6-4-7-14(12(11)2)19-16(22)13(3)21-17(23)15-8-5-9-20(15)10-18-21/h5,8-14H,4,6-7H2,1-3H3,(H,19,22). The summed E-state index contributed by atoms with van der Waals surface area (Å²) in [6, 6.07) is 3.09. The van der Waals surface area contributed by atoms with Crippen LogP contribution in [0.4, 0.5) is 0 Å². The highest BCUT2D eigenvalue weighted by Gasteiger charge is 2.30. The van der Waals surface area contributed by atoms with E-state index >= 15 is 0 Å². The summed E-state index contributed by atoms with van der Waals surface area (Å²) in [5.74, 6) is 0.932. The van der Waals surface area contributed by atoms with E-state index in [1.165, 1.54) is 11.1 Å². The number of carbonyl (C=O) groups is 1. The molecule has 23 heavy (non-hydrogen) atoms. The average Bonchev–Trinajstić information content (AvgIpc) is 3.01. The molecule has 0 spiro atoms. The second-order valence-corrected chi connectivity index (χ2v) is 6.74. The normalized spacial score (nSPS) is 26.1. The third-order valence-electron chi connectivity index (χ3n) is 5.29. The molecule has 2 heterocycles. The van der Waals surface area contributed by atoms with Crippen molar-refractivity contribution in [2.75, 3.05) is 0 Å². The summed E-state index contributed by atoms with van der Waals surface area (Å²) < 4.78 is 2.93. The van der Waals surface area contributed by atoms with Crippen molar-refractivity contribution in [3.63, 3.8) is 0 Å². The molecule has 1 saturated carbocycles. The minimum Gasteiger partial charge on any atom is -0.351 e. The summed E-state index contributed by atoms with van der Waals surface area (Å²) >= 11 is 0. The largest absolute Gasteiger partial charge is 0.351 e. The molecule has 0 saturated heterocycles.